The first-order valence-electron chi connectivity index (χ1n) is 19.9. The van der Waals surface area contributed by atoms with E-state index < -0.39 is 84.2 Å². The summed E-state index contributed by atoms with van der Waals surface area (Å²) in [6.45, 7) is 4.92. The van der Waals surface area contributed by atoms with Crippen molar-refractivity contribution in [1.82, 2.24) is 31.5 Å². The van der Waals surface area contributed by atoms with Crippen LogP contribution in [0.3, 0.4) is 0 Å². The van der Waals surface area contributed by atoms with Gasteiger partial charge in [-0.1, -0.05) is 95.0 Å². The van der Waals surface area contributed by atoms with Gasteiger partial charge >= 0.3 is 12.1 Å². The third-order valence-corrected chi connectivity index (χ3v) is 10.0. The number of carbonyl (C=O) groups excluding carboxylic acids is 8. The van der Waals surface area contributed by atoms with Gasteiger partial charge in [0, 0.05) is 12.2 Å². The predicted octanol–water partition coefficient (Wildman–Crippen LogP) is 2.42. The zero-order valence-electron chi connectivity index (χ0n) is 33.3. The number of amides is 8. The second kappa shape index (κ2) is 22.1. The standard InChI is InChI=1S/C41H56N8O9/c1-4-14-30(35(51)38(54)43-22-32(50)47-33(36(42)52)26-15-8-5-9-16-26)46-37(53)31-21-29(45-40(56)44-28-19-12-7-13-20-28)23-49(31)39(55)34(27-17-10-6-11-18-27)48-41(57)58-24-25(2)3/h5,7-9,12-13,15-16,19-20,25,27,29-31,33-34H,4,6,10-11,14,17-18,21-24H2,1-3H3,(H2,42,52)(H,43,54)(H,46,53)(H,47,50)(H,48,57)(H2,44,45,56). The molecule has 2 aromatic rings. The number of anilines is 1. The number of nitrogens with zero attached hydrogens (tertiary/aromatic N) is 1. The monoisotopic (exact) mass is 804 g/mol. The molecule has 58 heavy (non-hydrogen) atoms. The molecule has 314 valence electrons. The maximum absolute atomic E-state index is 14.5. The van der Waals surface area contributed by atoms with Crippen molar-refractivity contribution in [2.24, 2.45) is 17.6 Å². The Bertz CT molecular complexity index is 1750. The third-order valence-electron chi connectivity index (χ3n) is 10.0. The molecule has 2 aliphatic rings. The van der Waals surface area contributed by atoms with Crippen molar-refractivity contribution in [1.29, 1.82) is 0 Å². The summed E-state index contributed by atoms with van der Waals surface area (Å²) in [5.74, 6) is -5.23. The summed E-state index contributed by atoms with van der Waals surface area (Å²) in [7, 11) is 0. The molecule has 1 saturated heterocycles. The molecule has 8 amide bonds. The van der Waals surface area contributed by atoms with Crippen LogP contribution in [-0.2, 0) is 33.5 Å². The molecular weight excluding hydrogens is 748 g/mol. The average Bonchev–Trinajstić information content (AvgIpc) is 3.64. The molecule has 0 bridgehead atoms. The number of primary amides is 1. The predicted molar refractivity (Wildman–Crippen MR) is 214 cm³/mol. The largest absolute Gasteiger partial charge is 0.449 e. The number of nitrogens with two attached hydrogens (primary N) is 1. The minimum Gasteiger partial charge on any atom is -0.449 e. The van der Waals surface area contributed by atoms with E-state index in [9.17, 15) is 38.4 Å². The van der Waals surface area contributed by atoms with Crippen LogP contribution in [0.1, 0.15) is 83.7 Å². The highest BCUT2D eigenvalue weighted by Crippen LogP contribution is 2.30. The lowest BCUT2D eigenvalue weighted by Gasteiger charge is -2.34. The molecule has 1 heterocycles. The van der Waals surface area contributed by atoms with Crippen molar-refractivity contribution >= 4 is 53.1 Å². The lowest BCUT2D eigenvalue weighted by atomic mass is 9.83. The Morgan fingerprint density at radius 1 is 0.862 bits per heavy atom. The molecule has 17 nitrogen and oxygen atoms in total. The molecule has 0 radical (unpaired) electrons. The topological polar surface area (TPSA) is 247 Å². The molecule has 0 spiro atoms. The van der Waals surface area contributed by atoms with E-state index in [0.29, 0.717) is 30.5 Å². The lowest BCUT2D eigenvalue weighted by molar-refractivity contribution is -0.143. The van der Waals surface area contributed by atoms with Gasteiger partial charge in [-0.15, -0.1) is 0 Å². The van der Waals surface area contributed by atoms with Gasteiger partial charge in [-0.25, -0.2) is 9.59 Å². The van der Waals surface area contributed by atoms with Crippen LogP contribution in [0.25, 0.3) is 0 Å². The number of alkyl carbamates (subject to hydrolysis) is 1. The number of hydrogen-bond acceptors (Lipinski definition) is 9. The number of para-hydroxylation sites is 1. The summed E-state index contributed by atoms with van der Waals surface area (Å²) in [6.07, 6.45) is 3.68. The van der Waals surface area contributed by atoms with Crippen LogP contribution < -0.4 is 37.6 Å². The molecule has 8 N–H and O–H groups in total. The minimum absolute atomic E-state index is 0.0309. The normalized spacial score (nSPS) is 18.2. The highest BCUT2D eigenvalue weighted by atomic mass is 16.5. The lowest BCUT2D eigenvalue weighted by Crippen LogP contribution is -2.58. The summed E-state index contributed by atoms with van der Waals surface area (Å²) >= 11 is 0. The van der Waals surface area contributed by atoms with Crippen LogP contribution in [0.2, 0.25) is 0 Å². The van der Waals surface area contributed by atoms with Gasteiger partial charge in [0.15, 0.2) is 0 Å². The van der Waals surface area contributed by atoms with E-state index in [4.69, 9.17) is 10.5 Å². The van der Waals surface area contributed by atoms with Gasteiger partial charge in [0.05, 0.1) is 25.2 Å². The molecular formula is C41H56N8O9. The number of nitrogens with one attached hydrogen (secondary N) is 6. The smallest absolute Gasteiger partial charge is 0.407 e. The zero-order valence-corrected chi connectivity index (χ0v) is 33.3. The number of hydrogen-bond donors (Lipinski definition) is 7. The van der Waals surface area contributed by atoms with Crippen molar-refractivity contribution in [3.05, 3.63) is 66.2 Å². The third kappa shape index (κ3) is 13.3. The molecule has 1 aliphatic heterocycles. The first-order valence-corrected chi connectivity index (χ1v) is 19.9. The second-order valence-corrected chi connectivity index (χ2v) is 15.1. The van der Waals surface area contributed by atoms with Crippen molar-refractivity contribution < 1.29 is 43.1 Å². The van der Waals surface area contributed by atoms with Crippen LogP contribution >= 0.6 is 0 Å². The van der Waals surface area contributed by atoms with Crippen LogP contribution in [-0.4, -0.2) is 96.2 Å². The fourth-order valence-electron chi connectivity index (χ4n) is 7.15. The van der Waals surface area contributed by atoms with Crippen LogP contribution in [0, 0.1) is 11.8 Å². The number of ketones is 1. The van der Waals surface area contributed by atoms with Crippen LogP contribution in [0.5, 0.6) is 0 Å². The van der Waals surface area contributed by atoms with Crippen LogP contribution in [0.4, 0.5) is 15.3 Å². The van der Waals surface area contributed by atoms with Crippen molar-refractivity contribution in [3.8, 4) is 0 Å². The van der Waals surface area contributed by atoms with E-state index in [1.54, 1.807) is 67.6 Å². The summed E-state index contributed by atoms with van der Waals surface area (Å²) in [5.41, 5.74) is 6.43. The minimum atomic E-state index is -1.33. The van der Waals surface area contributed by atoms with Gasteiger partial charge in [0.25, 0.3) is 5.91 Å². The van der Waals surface area contributed by atoms with Gasteiger partial charge < -0.3 is 47.3 Å². The van der Waals surface area contributed by atoms with E-state index in [1.807, 2.05) is 13.8 Å². The Morgan fingerprint density at radius 3 is 2.14 bits per heavy atom. The first-order chi connectivity index (χ1) is 27.8. The van der Waals surface area contributed by atoms with Crippen molar-refractivity contribution in [3.63, 3.8) is 0 Å². The molecule has 2 fully saturated rings. The fourth-order valence-corrected chi connectivity index (χ4v) is 7.15. The Hall–Kier alpha value is -6.00. The van der Waals surface area contributed by atoms with Gasteiger partial charge in [0.1, 0.15) is 18.1 Å². The number of urea groups is 1. The molecule has 2 aromatic carbocycles. The number of carbonyl (C=O) groups is 8. The Balaban J connectivity index is 1.50. The van der Waals surface area contributed by atoms with Crippen molar-refractivity contribution in [2.45, 2.75) is 102 Å². The summed E-state index contributed by atoms with van der Waals surface area (Å²) < 4.78 is 5.37. The van der Waals surface area contributed by atoms with E-state index in [-0.39, 0.29) is 37.8 Å². The van der Waals surface area contributed by atoms with E-state index in [1.165, 1.54) is 4.90 Å². The molecule has 4 rings (SSSR count). The van der Waals surface area contributed by atoms with E-state index in [0.717, 1.165) is 19.3 Å². The van der Waals surface area contributed by atoms with Gasteiger partial charge in [-0.05, 0) is 55.2 Å². The van der Waals surface area contributed by atoms with Gasteiger partial charge in [-0.2, -0.15) is 0 Å². The van der Waals surface area contributed by atoms with Crippen molar-refractivity contribution in [2.75, 3.05) is 25.0 Å². The quantitative estimate of drug-likeness (QED) is 0.109. The SMILES string of the molecule is CCCC(NC(=O)C1CC(NC(=O)Nc2ccccc2)CN1C(=O)C(NC(=O)OCC(C)C)C1CCCCC1)C(=O)C(=O)NCC(=O)NC(C(N)=O)c1ccccc1. The first kappa shape index (κ1) is 44.7. The zero-order chi connectivity index (χ0) is 42.2. The number of benzene rings is 2. The Morgan fingerprint density at radius 2 is 1.52 bits per heavy atom. The van der Waals surface area contributed by atoms with E-state index >= 15 is 0 Å². The van der Waals surface area contributed by atoms with E-state index in [2.05, 4.69) is 31.9 Å². The molecule has 1 saturated carbocycles. The maximum atomic E-state index is 14.5. The maximum Gasteiger partial charge on any atom is 0.407 e. The summed E-state index contributed by atoms with van der Waals surface area (Å²) in [5, 5.41) is 15.7. The fraction of sp³-hybridized carbons (Fsp3) is 0.512. The average molecular weight is 805 g/mol. The number of Topliss-reactive ketones (excluding diaryl/α,β-unsaturated/α-hetero) is 1. The van der Waals surface area contributed by atoms with Gasteiger partial charge in [-0.3, -0.25) is 28.8 Å². The number of ether oxygens (including phenoxy) is 1. The number of likely N-dealkylation sites (tertiary alicyclic amines) is 1. The molecule has 5 unspecified atom stereocenters. The highest BCUT2D eigenvalue weighted by molar-refractivity contribution is 6.38. The Labute approximate surface area is 338 Å². The van der Waals surface area contributed by atoms with Gasteiger partial charge in [0.2, 0.25) is 29.4 Å². The second-order valence-electron chi connectivity index (χ2n) is 15.1. The summed E-state index contributed by atoms with van der Waals surface area (Å²) in [4.78, 5) is 107. The molecule has 17 heteroatoms. The molecule has 0 aromatic heterocycles. The molecule has 5 atom stereocenters. The highest BCUT2D eigenvalue weighted by Gasteiger charge is 2.45. The molecule has 1 aliphatic carbocycles. The summed E-state index contributed by atoms with van der Waals surface area (Å²) in [6, 6.07) is 11.0. The number of rotatable bonds is 18. The Kier molecular flexibility index (Phi) is 17.0. The van der Waals surface area contributed by atoms with Crippen LogP contribution in [0.15, 0.2) is 60.7 Å².